The molecule has 1 aromatic carbocycles. The molecule has 6 nitrogen and oxygen atoms in total. The fourth-order valence-corrected chi connectivity index (χ4v) is 1.63. The molecule has 0 atom stereocenters. The first kappa shape index (κ1) is 15.5. The molecule has 0 fully saturated rings. The number of benzene rings is 1. The van der Waals surface area contributed by atoms with Gasteiger partial charge in [-0.15, -0.1) is 12.3 Å². The molecule has 1 amide bonds. The van der Waals surface area contributed by atoms with Crippen LogP contribution in [-0.4, -0.2) is 24.0 Å². The number of nitrogens with zero attached hydrogens (tertiary/aromatic N) is 1. The number of carbonyl (C=O) groups excluding carboxylic acids is 1. The van der Waals surface area contributed by atoms with Gasteiger partial charge in [0.1, 0.15) is 0 Å². The highest BCUT2D eigenvalue weighted by Crippen LogP contribution is 2.30. The molecule has 106 valence electrons. The van der Waals surface area contributed by atoms with Gasteiger partial charge < -0.3 is 10.1 Å². The molecule has 0 unspecified atom stereocenters. The number of nitro benzene ring substituents is 1. The van der Waals surface area contributed by atoms with Gasteiger partial charge in [0, 0.05) is 19.0 Å². The zero-order chi connectivity index (χ0) is 15.0. The number of hydrogen-bond acceptors (Lipinski definition) is 4. The highest BCUT2D eigenvalue weighted by Gasteiger charge is 2.22. The maximum absolute atomic E-state index is 12.0. The van der Waals surface area contributed by atoms with Crippen LogP contribution in [0.3, 0.4) is 0 Å². The lowest BCUT2D eigenvalue weighted by Crippen LogP contribution is -2.25. The summed E-state index contributed by atoms with van der Waals surface area (Å²) in [6.45, 7) is 2.35. The topological polar surface area (TPSA) is 81.5 Å². The minimum absolute atomic E-state index is 0.00514. The number of amides is 1. The predicted molar refractivity (Wildman–Crippen MR) is 74.7 cm³/mol. The van der Waals surface area contributed by atoms with E-state index in [2.05, 4.69) is 11.2 Å². The SMILES string of the molecule is C#CCCCNC(=O)c1cccc([N+](=O)[O-])c1OCC. The van der Waals surface area contributed by atoms with Crippen molar-refractivity contribution in [3.05, 3.63) is 33.9 Å². The van der Waals surface area contributed by atoms with Crippen molar-refractivity contribution in [3.63, 3.8) is 0 Å². The average molecular weight is 276 g/mol. The number of hydrogen-bond donors (Lipinski definition) is 1. The highest BCUT2D eigenvalue weighted by molar-refractivity contribution is 5.98. The quantitative estimate of drug-likeness (QED) is 0.358. The lowest BCUT2D eigenvalue weighted by Gasteiger charge is -2.10. The molecule has 0 radical (unpaired) electrons. The zero-order valence-corrected chi connectivity index (χ0v) is 11.2. The average Bonchev–Trinajstić information content (AvgIpc) is 2.43. The van der Waals surface area contributed by atoms with Gasteiger partial charge in [0.2, 0.25) is 5.75 Å². The summed E-state index contributed by atoms with van der Waals surface area (Å²) in [5.41, 5.74) is -0.0649. The van der Waals surface area contributed by atoms with Crippen LogP contribution in [0.1, 0.15) is 30.1 Å². The van der Waals surface area contributed by atoms with Crippen molar-refractivity contribution in [2.45, 2.75) is 19.8 Å². The number of rotatable bonds is 7. The van der Waals surface area contributed by atoms with Crippen molar-refractivity contribution in [3.8, 4) is 18.1 Å². The van der Waals surface area contributed by atoms with Crippen LogP contribution in [0.4, 0.5) is 5.69 Å². The summed E-state index contributed by atoms with van der Waals surface area (Å²) in [6.07, 6.45) is 6.33. The molecule has 1 rings (SSSR count). The van der Waals surface area contributed by atoms with Gasteiger partial charge >= 0.3 is 5.69 Å². The third kappa shape index (κ3) is 3.99. The second-order valence-corrected chi connectivity index (χ2v) is 3.91. The van der Waals surface area contributed by atoms with Gasteiger partial charge in [-0.1, -0.05) is 6.07 Å². The Bertz CT molecular complexity index is 534. The summed E-state index contributed by atoms with van der Waals surface area (Å²) in [4.78, 5) is 22.4. The Morgan fingerprint density at radius 1 is 1.55 bits per heavy atom. The Hall–Kier alpha value is -2.55. The number of carbonyl (C=O) groups is 1. The normalized spacial score (nSPS) is 9.60. The van der Waals surface area contributed by atoms with E-state index in [0.717, 1.165) is 0 Å². The minimum atomic E-state index is -0.569. The second-order valence-electron chi connectivity index (χ2n) is 3.91. The van der Waals surface area contributed by atoms with Crippen molar-refractivity contribution < 1.29 is 14.5 Å². The van der Waals surface area contributed by atoms with Crippen LogP contribution in [0.5, 0.6) is 5.75 Å². The lowest BCUT2D eigenvalue weighted by molar-refractivity contribution is -0.385. The minimum Gasteiger partial charge on any atom is -0.487 e. The zero-order valence-electron chi connectivity index (χ0n) is 11.2. The number of ether oxygens (including phenoxy) is 1. The van der Waals surface area contributed by atoms with Crippen LogP contribution >= 0.6 is 0 Å². The largest absolute Gasteiger partial charge is 0.487 e. The molecule has 0 saturated heterocycles. The Balaban J connectivity index is 2.93. The van der Waals surface area contributed by atoms with Crippen LogP contribution in [0, 0.1) is 22.5 Å². The smallest absolute Gasteiger partial charge is 0.311 e. The van der Waals surface area contributed by atoms with E-state index in [1.165, 1.54) is 18.2 Å². The van der Waals surface area contributed by atoms with Gasteiger partial charge in [0.05, 0.1) is 17.1 Å². The van der Waals surface area contributed by atoms with Gasteiger partial charge in [0.15, 0.2) is 0 Å². The summed E-state index contributed by atoms with van der Waals surface area (Å²) in [6, 6.07) is 4.26. The van der Waals surface area contributed by atoms with Crippen molar-refractivity contribution in [2.75, 3.05) is 13.2 Å². The molecule has 0 heterocycles. The van der Waals surface area contributed by atoms with Crippen LogP contribution in [0.25, 0.3) is 0 Å². The number of unbranched alkanes of at least 4 members (excludes halogenated alkanes) is 1. The number of terminal acetylenes is 1. The van der Waals surface area contributed by atoms with Crippen LogP contribution in [0.15, 0.2) is 18.2 Å². The maximum Gasteiger partial charge on any atom is 0.311 e. The monoisotopic (exact) mass is 276 g/mol. The molecular weight excluding hydrogens is 260 g/mol. The number of nitro groups is 1. The summed E-state index contributed by atoms with van der Waals surface area (Å²) in [7, 11) is 0. The molecule has 6 heteroatoms. The van der Waals surface area contributed by atoms with Crippen molar-refractivity contribution in [1.82, 2.24) is 5.32 Å². The molecule has 1 N–H and O–H groups in total. The van der Waals surface area contributed by atoms with Crippen molar-refractivity contribution >= 4 is 11.6 Å². The standard InChI is InChI=1S/C14H16N2O4/c1-3-5-6-10-15-14(17)11-8-7-9-12(16(18)19)13(11)20-4-2/h1,7-9H,4-6,10H2,2H3,(H,15,17). The van der Waals surface area contributed by atoms with Gasteiger partial charge in [-0.25, -0.2) is 0 Å². The summed E-state index contributed by atoms with van der Waals surface area (Å²) in [5.74, 6) is 2.06. The molecule has 0 aromatic heterocycles. The van der Waals surface area contributed by atoms with E-state index in [1.54, 1.807) is 6.92 Å². The first-order valence-electron chi connectivity index (χ1n) is 6.23. The first-order chi connectivity index (χ1) is 9.61. The third-order valence-electron chi connectivity index (χ3n) is 2.51. The molecule has 20 heavy (non-hydrogen) atoms. The number of para-hydroxylation sites is 1. The third-order valence-corrected chi connectivity index (χ3v) is 2.51. The molecule has 0 bridgehead atoms. The fourth-order valence-electron chi connectivity index (χ4n) is 1.63. The van der Waals surface area contributed by atoms with Crippen LogP contribution in [-0.2, 0) is 0 Å². The Kier molecular flexibility index (Phi) is 6.04. The highest BCUT2D eigenvalue weighted by atomic mass is 16.6. The predicted octanol–water partition coefficient (Wildman–Crippen LogP) is 2.14. The molecule has 0 aliphatic rings. The van der Waals surface area contributed by atoms with Crippen LogP contribution < -0.4 is 10.1 Å². The summed E-state index contributed by atoms with van der Waals surface area (Å²) >= 11 is 0. The van der Waals surface area contributed by atoms with E-state index >= 15 is 0 Å². The molecule has 0 spiro atoms. The van der Waals surface area contributed by atoms with E-state index in [1.807, 2.05) is 0 Å². The number of nitrogens with one attached hydrogen (secondary N) is 1. The van der Waals surface area contributed by atoms with E-state index < -0.39 is 10.8 Å². The molecule has 0 saturated carbocycles. The van der Waals surface area contributed by atoms with E-state index in [0.29, 0.717) is 19.4 Å². The van der Waals surface area contributed by atoms with E-state index in [9.17, 15) is 14.9 Å². The van der Waals surface area contributed by atoms with E-state index in [4.69, 9.17) is 11.2 Å². The molecular formula is C14H16N2O4. The molecule has 0 aliphatic heterocycles. The first-order valence-corrected chi connectivity index (χ1v) is 6.23. The lowest BCUT2D eigenvalue weighted by atomic mass is 10.1. The van der Waals surface area contributed by atoms with Crippen molar-refractivity contribution in [1.29, 1.82) is 0 Å². The van der Waals surface area contributed by atoms with E-state index in [-0.39, 0.29) is 23.6 Å². The molecule has 0 aliphatic carbocycles. The Morgan fingerprint density at radius 3 is 2.90 bits per heavy atom. The van der Waals surface area contributed by atoms with Gasteiger partial charge in [0.25, 0.3) is 5.91 Å². The van der Waals surface area contributed by atoms with Gasteiger partial charge in [-0.3, -0.25) is 14.9 Å². The Morgan fingerprint density at radius 2 is 2.30 bits per heavy atom. The molecule has 1 aromatic rings. The summed E-state index contributed by atoms with van der Waals surface area (Å²) < 4.78 is 5.24. The van der Waals surface area contributed by atoms with Crippen LogP contribution in [0.2, 0.25) is 0 Å². The Labute approximate surface area is 117 Å². The van der Waals surface area contributed by atoms with Crippen molar-refractivity contribution in [2.24, 2.45) is 0 Å². The van der Waals surface area contributed by atoms with Gasteiger partial charge in [-0.05, 0) is 19.4 Å². The second kappa shape index (κ2) is 7.79. The maximum atomic E-state index is 12.0. The van der Waals surface area contributed by atoms with Gasteiger partial charge in [-0.2, -0.15) is 0 Å². The summed E-state index contributed by atoms with van der Waals surface area (Å²) in [5, 5.41) is 13.6. The fraction of sp³-hybridized carbons (Fsp3) is 0.357.